The van der Waals surface area contributed by atoms with Crippen LogP contribution in [-0.2, 0) is 28.5 Å². The normalized spacial score (nSPS) is 46.1. The van der Waals surface area contributed by atoms with Gasteiger partial charge in [-0.15, -0.1) is 0 Å². The van der Waals surface area contributed by atoms with Crippen LogP contribution in [0.1, 0.15) is 79.1 Å². The molecule has 2 bridgehead atoms. The molecule has 19 atom stereocenters. The summed E-state index contributed by atoms with van der Waals surface area (Å²) in [5.74, 6) is -5.93. The number of cyclic esters (lactones) is 1. The zero-order valence-corrected chi connectivity index (χ0v) is 37.9. The van der Waals surface area contributed by atoms with Crippen LogP contribution in [0.25, 0.3) is 0 Å². The summed E-state index contributed by atoms with van der Waals surface area (Å²) >= 11 is 0. The van der Waals surface area contributed by atoms with Gasteiger partial charge in [0.1, 0.15) is 24.4 Å². The zero-order valence-electron chi connectivity index (χ0n) is 37.9. The molecule has 2 saturated heterocycles. The monoisotopic (exact) mass is 939 g/mol. The minimum atomic E-state index is -3.04. The van der Waals surface area contributed by atoms with Gasteiger partial charge in [-0.3, -0.25) is 4.79 Å². The van der Waals surface area contributed by atoms with Crippen LogP contribution in [0.3, 0.4) is 0 Å². The SMILES string of the molecule is C[C@@H]1[C@H](O)[C@@H](C)/C=C/C=C/C=C/C=C/C=C/C=C/C=C/[C@H](O[C@H]2O[C@H](C)[C@@H](O)[C@H](N)[C@@H]2O)C[C@@H]2O[C@](O)(C[C@@H](O)C[C@@H](O)[C@H](O)CC[C@@H](O)C[C@@H](O)CC(=O)O[C@H]1C)C[C@H](O)[C@@]2(O)C(=O)O. The third-order valence-electron chi connectivity index (χ3n) is 12.2. The van der Waals surface area contributed by atoms with Crippen LogP contribution >= 0.6 is 0 Å². The van der Waals surface area contributed by atoms with E-state index in [9.17, 15) is 70.9 Å². The molecule has 3 rings (SSSR count). The van der Waals surface area contributed by atoms with Gasteiger partial charge in [0.2, 0.25) is 5.60 Å². The number of rotatable bonds is 3. The number of fused-ring (bicyclic) bond motifs is 2. The molecule has 374 valence electrons. The van der Waals surface area contributed by atoms with Gasteiger partial charge >= 0.3 is 11.9 Å². The third-order valence-corrected chi connectivity index (χ3v) is 12.2. The summed E-state index contributed by atoms with van der Waals surface area (Å²) in [7, 11) is 0. The Labute approximate surface area is 385 Å². The summed E-state index contributed by atoms with van der Waals surface area (Å²) < 4.78 is 22.9. The Bertz CT molecular complexity index is 1720. The number of aliphatic carboxylic acids is 1. The second-order valence-electron chi connectivity index (χ2n) is 17.7. The smallest absolute Gasteiger partial charge is 0.341 e. The van der Waals surface area contributed by atoms with Crippen molar-refractivity contribution in [2.45, 2.75) is 182 Å². The van der Waals surface area contributed by atoms with Crippen LogP contribution in [0.2, 0.25) is 0 Å². The molecule has 0 saturated carbocycles. The highest BCUT2D eigenvalue weighted by atomic mass is 16.7. The Balaban J connectivity index is 1.89. The molecule has 3 heterocycles. The van der Waals surface area contributed by atoms with Gasteiger partial charge in [-0.05, 0) is 33.1 Å². The average molecular weight is 940 g/mol. The summed E-state index contributed by atoms with van der Waals surface area (Å²) in [6.45, 7) is 6.68. The first-order valence-corrected chi connectivity index (χ1v) is 22.4. The Morgan fingerprint density at radius 1 is 0.667 bits per heavy atom. The Morgan fingerprint density at radius 3 is 1.80 bits per heavy atom. The molecule has 3 aliphatic heterocycles. The topological polar surface area (TPSA) is 340 Å². The second kappa shape index (κ2) is 26.9. The van der Waals surface area contributed by atoms with E-state index in [1.54, 1.807) is 80.7 Å². The number of aliphatic hydroxyl groups is 11. The van der Waals surface area contributed by atoms with Gasteiger partial charge in [0.05, 0.1) is 67.4 Å². The van der Waals surface area contributed by atoms with Crippen molar-refractivity contribution in [1.82, 2.24) is 0 Å². The molecule has 3 aliphatic rings. The number of allylic oxidation sites excluding steroid dienone is 12. The molecule has 0 amide bonds. The number of carboxylic acid groups (broad SMARTS) is 1. The number of carboxylic acids is 1. The fourth-order valence-corrected chi connectivity index (χ4v) is 7.91. The number of nitrogens with two attached hydrogens (primary N) is 1. The molecule has 0 aromatic carbocycles. The Hall–Kier alpha value is -3.48. The Morgan fingerprint density at radius 2 is 1.23 bits per heavy atom. The molecule has 14 N–H and O–H groups in total. The lowest BCUT2D eigenvalue weighted by Crippen LogP contribution is -2.68. The van der Waals surface area contributed by atoms with Crippen LogP contribution in [-0.4, -0.2) is 176 Å². The molecule has 0 aromatic heterocycles. The largest absolute Gasteiger partial charge is 0.479 e. The summed E-state index contributed by atoms with van der Waals surface area (Å²) in [4.78, 5) is 25.2. The highest BCUT2D eigenvalue weighted by Crippen LogP contribution is 2.40. The number of hydrogen-bond donors (Lipinski definition) is 13. The molecular weight excluding hydrogens is 867 g/mol. The van der Waals surface area contributed by atoms with E-state index < -0.39 is 153 Å². The molecular formula is C47H73NO18. The van der Waals surface area contributed by atoms with Crippen molar-refractivity contribution in [2.75, 3.05) is 0 Å². The van der Waals surface area contributed by atoms with Crippen molar-refractivity contribution in [1.29, 1.82) is 0 Å². The molecule has 0 aromatic rings. The third kappa shape index (κ3) is 17.2. The minimum absolute atomic E-state index is 0.138. The van der Waals surface area contributed by atoms with Gasteiger partial charge in [-0.2, -0.15) is 0 Å². The summed E-state index contributed by atoms with van der Waals surface area (Å²) in [5.41, 5.74) is 2.96. The van der Waals surface area contributed by atoms with E-state index in [1.807, 2.05) is 13.0 Å². The van der Waals surface area contributed by atoms with E-state index >= 15 is 0 Å². The van der Waals surface area contributed by atoms with E-state index in [0.717, 1.165) is 0 Å². The Kier molecular flexibility index (Phi) is 23.2. The first kappa shape index (κ1) is 56.8. The van der Waals surface area contributed by atoms with Crippen LogP contribution in [0, 0.1) is 11.8 Å². The van der Waals surface area contributed by atoms with E-state index in [2.05, 4.69) is 0 Å². The first-order valence-electron chi connectivity index (χ1n) is 22.4. The number of carbonyl (C=O) groups is 2. The molecule has 19 nitrogen and oxygen atoms in total. The van der Waals surface area contributed by atoms with Gasteiger partial charge in [-0.1, -0.05) is 98.9 Å². The quantitative estimate of drug-likeness (QED) is 0.163. The summed E-state index contributed by atoms with van der Waals surface area (Å²) in [5, 5.41) is 130. The van der Waals surface area contributed by atoms with Gasteiger partial charge in [0.25, 0.3) is 0 Å². The van der Waals surface area contributed by atoms with Gasteiger partial charge < -0.3 is 86.0 Å². The highest BCUT2D eigenvalue weighted by molar-refractivity contribution is 5.79. The average Bonchev–Trinajstić information content (AvgIpc) is 3.24. The predicted molar refractivity (Wildman–Crippen MR) is 238 cm³/mol. The first-order chi connectivity index (χ1) is 31.0. The van der Waals surface area contributed by atoms with Crippen molar-refractivity contribution < 1.29 is 89.8 Å². The van der Waals surface area contributed by atoms with Gasteiger partial charge in [-0.25, -0.2) is 4.79 Å². The van der Waals surface area contributed by atoms with E-state index in [0.29, 0.717) is 0 Å². The fraction of sp³-hybridized carbons (Fsp3) is 0.660. The molecule has 0 radical (unpaired) electrons. The number of aliphatic hydroxyl groups excluding tert-OH is 9. The maximum Gasteiger partial charge on any atom is 0.341 e. The highest BCUT2D eigenvalue weighted by Gasteiger charge is 2.60. The number of ether oxygens (including phenoxy) is 4. The van der Waals surface area contributed by atoms with E-state index in [-0.39, 0.29) is 25.2 Å². The molecule has 0 spiro atoms. The maximum atomic E-state index is 12.6. The standard InChI is InChI=1S/C47H73NO18/c1-27-17-15-13-11-9-7-5-6-8-10-12-14-16-18-34(65-44-43(58)40(48)42(57)30(4)64-44)24-38-47(62,45(59)60)37(54)26-46(61,66-38)25-33(51)22-36(53)35(52)20-19-31(49)21-32(50)23-39(55)63-29(3)28(2)41(27)56/h5-18,27-38,40-44,49-54,56-58,61-62H,19-26,48H2,1-4H3,(H,59,60)/b6-5+,9-7+,10-8+,13-11+,14-12+,17-15+,18-16+/t27-,28-,29-,30+,31+,32+,33-,34-,35+,36+,37-,38-,40-,41+,42+,43-,44+,46+,47-/m0/s1. The minimum Gasteiger partial charge on any atom is -0.479 e. The van der Waals surface area contributed by atoms with Crippen LogP contribution in [0.5, 0.6) is 0 Å². The summed E-state index contributed by atoms with van der Waals surface area (Å²) in [6.07, 6.45) is 0.404. The van der Waals surface area contributed by atoms with E-state index in [4.69, 9.17) is 24.7 Å². The predicted octanol–water partition coefficient (Wildman–Crippen LogP) is -0.173. The van der Waals surface area contributed by atoms with Crippen molar-refractivity contribution in [2.24, 2.45) is 17.6 Å². The molecule has 0 unspecified atom stereocenters. The molecule has 2 fully saturated rings. The van der Waals surface area contributed by atoms with Crippen molar-refractivity contribution in [3.63, 3.8) is 0 Å². The fourth-order valence-electron chi connectivity index (χ4n) is 7.91. The summed E-state index contributed by atoms with van der Waals surface area (Å²) in [6, 6.07) is -1.20. The lowest BCUT2D eigenvalue weighted by atomic mass is 9.79. The van der Waals surface area contributed by atoms with Crippen molar-refractivity contribution in [3.05, 3.63) is 85.1 Å². The lowest BCUT2D eigenvalue weighted by Gasteiger charge is -2.48. The van der Waals surface area contributed by atoms with Crippen molar-refractivity contribution in [3.8, 4) is 0 Å². The van der Waals surface area contributed by atoms with Crippen LogP contribution in [0.4, 0.5) is 0 Å². The number of esters is 1. The van der Waals surface area contributed by atoms with Gasteiger partial charge in [0.15, 0.2) is 12.1 Å². The zero-order chi connectivity index (χ0) is 49.4. The number of hydrogen-bond acceptors (Lipinski definition) is 18. The van der Waals surface area contributed by atoms with Gasteiger partial charge in [0, 0.05) is 37.5 Å². The van der Waals surface area contributed by atoms with Crippen LogP contribution < -0.4 is 5.73 Å². The number of carbonyl (C=O) groups excluding carboxylic acids is 1. The molecule has 0 aliphatic carbocycles. The van der Waals surface area contributed by atoms with Crippen molar-refractivity contribution >= 4 is 11.9 Å². The van der Waals surface area contributed by atoms with Crippen LogP contribution in [0.15, 0.2) is 85.1 Å². The lowest BCUT2D eigenvalue weighted by molar-refractivity contribution is -0.337. The molecule has 19 heteroatoms. The second-order valence-corrected chi connectivity index (χ2v) is 17.7. The molecule has 66 heavy (non-hydrogen) atoms. The van der Waals surface area contributed by atoms with E-state index in [1.165, 1.54) is 19.1 Å². The maximum absolute atomic E-state index is 12.6.